The Morgan fingerprint density at radius 2 is 1.84 bits per heavy atom. The van der Waals surface area contributed by atoms with Crippen molar-refractivity contribution in [3.8, 4) is 0 Å². The van der Waals surface area contributed by atoms with Gasteiger partial charge in [-0.15, -0.1) is 0 Å². The van der Waals surface area contributed by atoms with E-state index in [1.54, 1.807) is 54.6 Å². The summed E-state index contributed by atoms with van der Waals surface area (Å²) in [5.41, 5.74) is 6.64. The lowest BCUT2D eigenvalue weighted by Gasteiger charge is -2.10. The molecule has 1 atom stereocenters. The van der Waals surface area contributed by atoms with Gasteiger partial charge < -0.3 is 14.7 Å². The number of hydrogen-bond donors (Lipinski definition) is 1. The molecule has 1 heterocycles. The molecule has 0 amide bonds. The molecule has 1 unspecified atom stereocenters. The predicted molar refractivity (Wildman–Crippen MR) is 91.6 cm³/mol. The van der Waals surface area contributed by atoms with Crippen LogP contribution in [0, 0.1) is 0 Å². The number of Topliss-reactive ketones (excluding diaryl/α,β-unsaturated/α-hetero) is 1. The van der Waals surface area contributed by atoms with E-state index in [0.717, 1.165) is 0 Å². The summed E-state index contributed by atoms with van der Waals surface area (Å²) in [6.45, 7) is 0. The number of hydrogen-bond acceptors (Lipinski definition) is 6. The summed E-state index contributed by atoms with van der Waals surface area (Å²) >= 11 is 5.90. The number of benzene rings is 2. The first-order chi connectivity index (χ1) is 11.9. The summed E-state index contributed by atoms with van der Waals surface area (Å²) in [6, 6.07) is 14.9. The first-order valence-corrected chi connectivity index (χ1v) is 9.23. The highest BCUT2D eigenvalue weighted by atomic mass is 35.5. The Balaban J connectivity index is 1.78. The number of carbonyl (C=O) groups is 1. The molecule has 130 valence electrons. The van der Waals surface area contributed by atoms with Crippen LogP contribution in [0.4, 0.5) is 0 Å². The lowest BCUT2D eigenvalue weighted by atomic mass is 10.1. The lowest BCUT2D eigenvalue weighted by Crippen LogP contribution is -2.16. The van der Waals surface area contributed by atoms with E-state index in [0.29, 0.717) is 16.1 Å². The van der Waals surface area contributed by atoms with Gasteiger partial charge in [-0.3, -0.25) is 4.79 Å². The van der Waals surface area contributed by atoms with Gasteiger partial charge in [-0.2, -0.15) is 8.42 Å². The molecule has 0 radical (unpaired) electrons. The van der Waals surface area contributed by atoms with E-state index in [1.165, 1.54) is 0 Å². The van der Waals surface area contributed by atoms with Crippen LogP contribution in [0.15, 0.2) is 66.2 Å². The van der Waals surface area contributed by atoms with Gasteiger partial charge in [0.25, 0.3) is 0 Å². The molecule has 0 spiro atoms. The van der Waals surface area contributed by atoms with Gasteiger partial charge in [-0.05, 0) is 17.7 Å². The van der Waals surface area contributed by atoms with Gasteiger partial charge in [0.1, 0.15) is 5.75 Å². The minimum atomic E-state index is -4.06. The minimum Gasteiger partial charge on any atom is -0.460 e. The van der Waals surface area contributed by atoms with E-state index in [2.05, 4.69) is 0 Å². The van der Waals surface area contributed by atoms with Crippen molar-refractivity contribution in [3.63, 3.8) is 0 Å². The maximum atomic E-state index is 12.5. The highest BCUT2D eigenvalue weighted by Gasteiger charge is 2.39. The zero-order chi connectivity index (χ0) is 18.0. The van der Waals surface area contributed by atoms with Crippen molar-refractivity contribution in [1.82, 2.24) is 0 Å². The number of ketones is 1. The number of nitrogens with two attached hydrogens (primary N) is 1. The average molecular weight is 380 g/mol. The molecule has 1 aliphatic rings. The van der Waals surface area contributed by atoms with Gasteiger partial charge in [0.2, 0.25) is 17.4 Å². The second-order valence-electron chi connectivity index (χ2n) is 5.38. The summed E-state index contributed by atoms with van der Waals surface area (Å²) in [4.78, 5) is 12.5. The third-order valence-electron chi connectivity index (χ3n) is 3.48. The molecule has 25 heavy (non-hydrogen) atoms. The number of carbonyl (C=O) groups excluding carboxylic acids is 1. The Hall–Kier alpha value is -2.51. The molecule has 0 bridgehead atoms. The van der Waals surface area contributed by atoms with Gasteiger partial charge >= 0.3 is 10.1 Å². The first kappa shape index (κ1) is 17.3. The van der Waals surface area contributed by atoms with E-state index in [1.807, 2.05) is 0 Å². The molecule has 0 saturated carbocycles. The van der Waals surface area contributed by atoms with Crippen molar-refractivity contribution in [1.29, 1.82) is 0 Å². The van der Waals surface area contributed by atoms with E-state index in [9.17, 15) is 13.2 Å². The quantitative estimate of drug-likeness (QED) is 0.802. The SMILES string of the molecule is NC1=C(OS(=O)(=O)Cc2ccccc2)C(=O)C(c2cccc(Cl)c2)O1. The zero-order valence-electron chi connectivity index (χ0n) is 12.9. The van der Waals surface area contributed by atoms with Crippen molar-refractivity contribution in [3.05, 3.63) is 82.4 Å². The van der Waals surface area contributed by atoms with Crippen molar-refractivity contribution in [2.24, 2.45) is 5.73 Å². The average Bonchev–Trinajstić information content (AvgIpc) is 2.83. The molecule has 6 nitrogen and oxygen atoms in total. The van der Waals surface area contributed by atoms with E-state index in [-0.39, 0.29) is 11.6 Å². The molecule has 1 aliphatic heterocycles. The van der Waals surface area contributed by atoms with Crippen LogP contribution in [0.3, 0.4) is 0 Å². The zero-order valence-corrected chi connectivity index (χ0v) is 14.5. The molecule has 3 rings (SSSR count). The molecular weight excluding hydrogens is 366 g/mol. The van der Waals surface area contributed by atoms with Gasteiger partial charge in [-0.1, -0.05) is 54.1 Å². The van der Waals surface area contributed by atoms with E-state index >= 15 is 0 Å². The molecule has 2 aromatic carbocycles. The van der Waals surface area contributed by atoms with Crippen LogP contribution in [0.5, 0.6) is 0 Å². The fourth-order valence-electron chi connectivity index (χ4n) is 2.38. The van der Waals surface area contributed by atoms with E-state index in [4.69, 9.17) is 26.3 Å². The topological polar surface area (TPSA) is 95.7 Å². The second kappa shape index (κ2) is 6.78. The Bertz CT molecular complexity index is 941. The normalized spacial score (nSPS) is 17.5. The summed E-state index contributed by atoms with van der Waals surface area (Å²) in [6.07, 6.45) is -1.08. The van der Waals surface area contributed by atoms with Crippen LogP contribution in [0.1, 0.15) is 17.2 Å². The van der Waals surface area contributed by atoms with Crippen LogP contribution < -0.4 is 5.73 Å². The summed E-state index contributed by atoms with van der Waals surface area (Å²) in [5.74, 6) is -1.94. The molecule has 8 heteroatoms. The maximum Gasteiger partial charge on any atom is 0.313 e. The highest BCUT2D eigenvalue weighted by Crippen LogP contribution is 2.33. The molecule has 0 aliphatic carbocycles. The van der Waals surface area contributed by atoms with Crippen LogP contribution in [0.2, 0.25) is 5.02 Å². The largest absolute Gasteiger partial charge is 0.460 e. The molecule has 0 fully saturated rings. The summed E-state index contributed by atoms with van der Waals surface area (Å²) in [7, 11) is -4.06. The summed E-state index contributed by atoms with van der Waals surface area (Å²) in [5, 5.41) is 0.415. The van der Waals surface area contributed by atoms with Crippen molar-refractivity contribution >= 4 is 27.5 Å². The summed E-state index contributed by atoms with van der Waals surface area (Å²) < 4.78 is 34.6. The Labute approximate surface area is 149 Å². The minimum absolute atomic E-state index is 0.369. The van der Waals surface area contributed by atoms with Gasteiger partial charge in [0.05, 0.1) is 0 Å². The molecule has 0 saturated heterocycles. The van der Waals surface area contributed by atoms with Crippen LogP contribution in [-0.4, -0.2) is 14.2 Å². The predicted octanol–water partition coefficient (Wildman–Crippen LogP) is 2.65. The maximum absolute atomic E-state index is 12.5. The molecule has 0 aromatic heterocycles. The second-order valence-corrected chi connectivity index (χ2v) is 7.39. The fraction of sp³-hybridized carbons (Fsp3) is 0.118. The molecular formula is C17H14ClNO5S. The molecule has 2 aromatic rings. The van der Waals surface area contributed by atoms with Crippen molar-refractivity contribution < 1.29 is 22.1 Å². The van der Waals surface area contributed by atoms with Crippen LogP contribution in [-0.2, 0) is 29.6 Å². The van der Waals surface area contributed by atoms with Gasteiger partial charge in [-0.25, -0.2) is 0 Å². The monoisotopic (exact) mass is 379 g/mol. The van der Waals surface area contributed by atoms with Gasteiger partial charge in [0.15, 0.2) is 6.10 Å². The first-order valence-electron chi connectivity index (χ1n) is 7.28. The van der Waals surface area contributed by atoms with Crippen LogP contribution >= 0.6 is 11.6 Å². The standard InChI is InChI=1S/C17H14ClNO5S/c18-13-8-4-7-12(9-13)15-14(20)16(17(19)23-15)24-25(21,22)10-11-5-2-1-3-6-11/h1-9,15H,10,19H2. The number of halogens is 1. The number of rotatable bonds is 5. The highest BCUT2D eigenvalue weighted by molar-refractivity contribution is 7.86. The Morgan fingerprint density at radius 1 is 1.12 bits per heavy atom. The number of ether oxygens (including phenoxy) is 1. The van der Waals surface area contributed by atoms with Crippen molar-refractivity contribution in [2.75, 3.05) is 0 Å². The van der Waals surface area contributed by atoms with E-state index < -0.39 is 27.8 Å². The Morgan fingerprint density at radius 3 is 2.52 bits per heavy atom. The Kier molecular flexibility index (Phi) is 4.69. The fourth-order valence-corrected chi connectivity index (χ4v) is 3.66. The van der Waals surface area contributed by atoms with Crippen LogP contribution in [0.25, 0.3) is 0 Å². The van der Waals surface area contributed by atoms with Crippen molar-refractivity contribution in [2.45, 2.75) is 11.9 Å². The third-order valence-corrected chi connectivity index (χ3v) is 4.82. The molecule has 2 N–H and O–H groups in total. The lowest BCUT2D eigenvalue weighted by molar-refractivity contribution is -0.123. The third kappa shape index (κ3) is 3.94. The smallest absolute Gasteiger partial charge is 0.313 e. The van der Waals surface area contributed by atoms with Gasteiger partial charge in [0, 0.05) is 10.6 Å².